The molecule has 2 aromatic rings. The molecule has 1 N–H and O–H groups in total. The fourth-order valence-electron chi connectivity index (χ4n) is 1.79. The van der Waals surface area contributed by atoms with E-state index in [0.29, 0.717) is 11.5 Å². The zero-order chi connectivity index (χ0) is 14.3. The maximum absolute atomic E-state index is 11.7. The number of hydrogen-bond acceptors (Lipinski definition) is 8. The third-order valence-electron chi connectivity index (χ3n) is 3.04. The van der Waals surface area contributed by atoms with E-state index in [1.165, 1.54) is 11.1 Å². The Hall–Kier alpha value is -2.36. The first kappa shape index (κ1) is 12.7. The topological polar surface area (TPSA) is 114 Å². The van der Waals surface area contributed by atoms with Crippen LogP contribution >= 0.6 is 11.7 Å². The van der Waals surface area contributed by atoms with Crippen LogP contribution in [-0.2, 0) is 11.3 Å². The fraction of sp³-hybridized carbons (Fsp3) is 0.400. The first-order valence-electron chi connectivity index (χ1n) is 5.72. The summed E-state index contributed by atoms with van der Waals surface area (Å²) in [7, 11) is 0. The molecule has 20 heavy (non-hydrogen) atoms. The molecule has 1 saturated heterocycles. The smallest absolute Gasteiger partial charge is 0.325 e. The number of urea groups is 1. The molecule has 0 unspecified atom stereocenters. The second-order valence-electron chi connectivity index (χ2n) is 4.71. The van der Waals surface area contributed by atoms with Gasteiger partial charge in [-0.3, -0.25) is 10.1 Å². The maximum Gasteiger partial charge on any atom is 0.325 e. The van der Waals surface area contributed by atoms with Crippen LogP contribution < -0.4 is 5.32 Å². The quantitative estimate of drug-likeness (QED) is 0.816. The minimum absolute atomic E-state index is 0.0750. The molecule has 0 bridgehead atoms. The predicted octanol–water partition coefficient (Wildman–Crippen LogP) is 0.418. The number of nitrogens with one attached hydrogen (secondary N) is 1. The van der Waals surface area contributed by atoms with Crippen LogP contribution in [0.3, 0.4) is 0 Å². The summed E-state index contributed by atoms with van der Waals surface area (Å²) in [6.07, 6.45) is 1.51. The highest BCUT2D eigenvalue weighted by Gasteiger charge is 2.45. The zero-order valence-corrected chi connectivity index (χ0v) is 11.5. The summed E-state index contributed by atoms with van der Waals surface area (Å²) in [5.41, 5.74) is -0.463. The largest absolute Gasteiger partial charge is 0.332 e. The lowest BCUT2D eigenvalue weighted by Gasteiger charge is -2.26. The summed E-state index contributed by atoms with van der Waals surface area (Å²) in [6, 6.07) is -0.471. The van der Waals surface area contributed by atoms with Crippen LogP contribution in [0.1, 0.15) is 19.7 Å². The zero-order valence-electron chi connectivity index (χ0n) is 10.7. The number of aromatic nitrogens is 4. The summed E-state index contributed by atoms with van der Waals surface area (Å²) in [5.74, 6) is 0.179. The Morgan fingerprint density at radius 1 is 1.45 bits per heavy atom. The van der Waals surface area contributed by atoms with Gasteiger partial charge >= 0.3 is 6.03 Å². The van der Waals surface area contributed by atoms with Gasteiger partial charge in [0.05, 0.1) is 24.5 Å². The number of carbonyl (C=O) groups excluding carboxylic acids is 2. The molecule has 0 atom stereocenters. The van der Waals surface area contributed by atoms with Crippen molar-refractivity contribution < 1.29 is 14.1 Å². The fourth-order valence-corrected chi connectivity index (χ4v) is 2.19. The number of imide groups is 1. The van der Waals surface area contributed by atoms with Crippen molar-refractivity contribution in [2.45, 2.75) is 25.9 Å². The molecule has 104 valence electrons. The lowest BCUT2D eigenvalue weighted by molar-refractivity contribution is -0.125. The molecule has 0 saturated carbocycles. The Bertz CT molecular complexity index is 664. The number of amides is 3. The van der Waals surface area contributed by atoms with Crippen molar-refractivity contribution in [3.8, 4) is 11.6 Å². The highest BCUT2D eigenvalue weighted by atomic mass is 32.1. The Kier molecular flexibility index (Phi) is 2.74. The van der Waals surface area contributed by atoms with Crippen molar-refractivity contribution in [1.29, 1.82) is 0 Å². The molecule has 0 radical (unpaired) electrons. The molecular weight excluding hydrogens is 284 g/mol. The molecule has 0 aromatic carbocycles. The molecule has 0 aliphatic carbocycles. The van der Waals surface area contributed by atoms with Gasteiger partial charge in [0.15, 0.2) is 11.5 Å². The lowest BCUT2D eigenvalue weighted by Crippen LogP contribution is -2.43. The minimum atomic E-state index is -0.944. The monoisotopic (exact) mass is 294 g/mol. The van der Waals surface area contributed by atoms with E-state index in [1.807, 2.05) is 0 Å². The molecule has 3 heterocycles. The standard InChI is InChI=1S/C10H10N6O3S/c1-10(2)8(17)13-9(18)16(10)4-6-12-7(19-14-6)5-3-11-20-15-5/h3H,4H2,1-2H3,(H,13,17,18). The average molecular weight is 294 g/mol. The van der Waals surface area contributed by atoms with Crippen LogP contribution in [0.15, 0.2) is 10.7 Å². The molecule has 9 nitrogen and oxygen atoms in total. The highest BCUT2D eigenvalue weighted by Crippen LogP contribution is 2.23. The van der Waals surface area contributed by atoms with Gasteiger partial charge in [-0.1, -0.05) is 5.16 Å². The van der Waals surface area contributed by atoms with E-state index in [2.05, 4.69) is 24.2 Å². The van der Waals surface area contributed by atoms with Crippen LogP contribution in [0.2, 0.25) is 0 Å². The van der Waals surface area contributed by atoms with Crippen LogP contribution in [0.5, 0.6) is 0 Å². The Balaban J connectivity index is 1.82. The van der Waals surface area contributed by atoms with Gasteiger partial charge in [0.2, 0.25) is 0 Å². The van der Waals surface area contributed by atoms with E-state index >= 15 is 0 Å². The van der Waals surface area contributed by atoms with Gasteiger partial charge in [-0.2, -0.15) is 13.7 Å². The van der Waals surface area contributed by atoms with Gasteiger partial charge < -0.3 is 9.42 Å². The molecular formula is C10H10N6O3S. The minimum Gasteiger partial charge on any atom is -0.332 e. The third-order valence-corrected chi connectivity index (χ3v) is 3.52. The van der Waals surface area contributed by atoms with E-state index < -0.39 is 11.6 Å². The van der Waals surface area contributed by atoms with Crippen molar-refractivity contribution in [1.82, 2.24) is 29.1 Å². The summed E-state index contributed by atoms with van der Waals surface area (Å²) in [5, 5.41) is 6.03. The van der Waals surface area contributed by atoms with E-state index in [1.54, 1.807) is 13.8 Å². The Labute approximate surface area is 117 Å². The van der Waals surface area contributed by atoms with Gasteiger partial charge in [-0.15, -0.1) is 0 Å². The molecule has 1 aliphatic rings. The first-order chi connectivity index (χ1) is 9.48. The van der Waals surface area contributed by atoms with Crippen molar-refractivity contribution >= 4 is 23.7 Å². The maximum atomic E-state index is 11.7. The number of hydrogen-bond donors (Lipinski definition) is 1. The van der Waals surface area contributed by atoms with Gasteiger partial charge in [0.25, 0.3) is 11.8 Å². The predicted molar refractivity (Wildman–Crippen MR) is 66.4 cm³/mol. The van der Waals surface area contributed by atoms with E-state index in [0.717, 1.165) is 11.7 Å². The number of carbonyl (C=O) groups is 2. The summed E-state index contributed by atoms with van der Waals surface area (Å²) >= 11 is 1.03. The second-order valence-corrected chi connectivity index (χ2v) is 5.27. The van der Waals surface area contributed by atoms with Gasteiger partial charge in [0, 0.05) is 0 Å². The average Bonchev–Trinajstić information content (AvgIpc) is 3.08. The number of nitrogens with zero attached hydrogens (tertiary/aromatic N) is 5. The highest BCUT2D eigenvalue weighted by molar-refractivity contribution is 6.99. The molecule has 0 spiro atoms. The summed E-state index contributed by atoms with van der Waals surface area (Å²) < 4.78 is 12.9. The normalized spacial score (nSPS) is 17.6. The van der Waals surface area contributed by atoms with E-state index in [9.17, 15) is 9.59 Å². The molecule has 1 aliphatic heterocycles. The van der Waals surface area contributed by atoms with Crippen molar-refractivity contribution in [2.75, 3.05) is 0 Å². The summed E-state index contributed by atoms with van der Waals surface area (Å²) in [6.45, 7) is 3.38. The molecule has 3 rings (SSSR count). The second kappa shape index (κ2) is 4.34. The lowest BCUT2D eigenvalue weighted by atomic mass is 10.0. The van der Waals surface area contributed by atoms with Gasteiger partial charge in [-0.05, 0) is 13.8 Å². The molecule has 3 amide bonds. The van der Waals surface area contributed by atoms with E-state index in [-0.39, 0.29) is 18.3 Å². The van der Waals surface area contributed by atoms with Crippen LogP contribution in [0, 0.1) is 0 Å². The van der Waals surface area contributed by atoms with Crippen molar-refractivity contribution in [3.63, 3.8) is 0 Å². The van der Waals surface area contributed by atoms with E-state index in [4.69, 9.17) is 4.52 Å². The first-order valence-corrected chi connectivity index (χ1v) is 6.45. The number of rotatable bonds is 3. The molecule has 10 heteroatoms. The SMILES string of the molecule is CC1(C)C(=O)NC(=O)N1Cc1noc(-c2cnsn2)n1. The van der Waals surface area contributed by atoms with Gasteiger partial charge in [0.1, 0.15) is 5.54 Å². The Morgan fingerprint density at radius 3 is 2.85 bits per heavy atom. The summed E-state index contributed by atoms with van der Waals surface area (Å²) in [4.78, 5) is 28.9. The molecule has 1 fully saturated rings. The van der Waals surface area contributed by atoms with Crippen molar-refractivity contribution in [2.24, 2.45) is 0 Å². The molecule has 2 aromatic heterocycles. The van der Waals surface area contributed by atoms with Crippen LogP contribution in [0.25, 0.3) is 11.6 Å². The third kappa shape index (κ3) is 1.93. The van der Waals surface area contributed by atoms with Crippen LogP contribution in [0.4, 0.5) is 4.79 Å². The van der Waals surface area contributed by atoms with Crippen molar-refractivity contribution in [3.05, 3.63) is 12.0 Å². The Morgan fingerprint density at radius 2 is 2.25 bits per heavy atom. The van der Waals surface area contributed by atoms with Crippen LogP contribution in [-0.4, -0.2) is 41.3 Å². The van der Waals surface area contributed by atoms with Gasteiger partial charge in [-0.25, -0.2) is 4.79 Å².